The van der Waals surface area contributed by atoms with E-state index in [2.05, 4.69) is 10.3 Å². The Morgan fingerprint density at radius 1 is 1.22 bits per heavy atom. The summed E-state index contributed by atoms with van der Waals surface area (Å²) in [7, 11) is 0. The minimum Gasteiger partial charge on any atom is -0.462 e. The third-order valence-electron chi connectivity index (χ3n) is 7.24. The van der Waals surface area contributed by atoms with Gasteiger partial charge >= 0.3 is 12.0 Å². The molecule has 1 aromatic rings. The third-order valence-corrected chi connectivity index (χ3v) is 8.44. The predicted molar refractivity (Wildman–Crippen MR) is 118 cm³/mol. The van der Waals surface area contributed by atoms with E-state index >= 15 is 0 Å². The van der Waals surface area contributed by atoms with Crippen molar-refractivity contribution < 1.29 is 23.9 Å². The van der Waals surface area contributed by atoms with Gasteiger partial charge in [0.05, 0.1) is 12.2 Å². The van der Waals surface area contributed by atoms with Gasteiger partial charge in [-0.15, -0.1) is 11.3 Å². The standard InChI is InChI=1S/C23H27N3O5S/c1-2-31-22(29)18-14-5-3-4-6-17(14)32-20(18)24-11-15-19(27)25-23(30)26(21(15)28)16-10-12-7-8-13(16)9-12/h11-13,15-16H,2-10H2,1H3,(H,25,27,30)/t12-,13-,15+,16-/m0/s1. The fourth-order valence-electron chi connectivity index (χ4n) is 5.78. The smallest absolute Gasteiger partial charge is 0.341 e. The van der Waals surface area contributed by atoms with Crippen LogP contribution in [0.5, 0.6) is 0 Å². The molecule has 1 saturated heterocycles. The van der Waals surface area contributed by atoms with Crippen LogP contribution >= 0.6 is 11.3 Å². The predicted octanol–water partition coefficient (Wildman–Crippen LogP) is 3.39. The summed E-state index contributed by atoms with van der Waals surface area (Å²) in [5.41, 5.74) is 1.43. The van der Waals surface area contributed by atoms with Crippen molar-refractivity contribution in [3.05, 3.63) is 16.0 Å². The van der Waals surface area contributed by atoms with E-state index in [4.69, 9.17) is 4.74 Å². The number of aryl methyl sites for hydroxylation is 1. The normalized spacial score (nSPS) is 29.5. The van der Waals surface area contributed by atoms with Crippen molar-refractivity contribution in [2.24, 2.45) is 22.7 Å². The first-order valence-electron chi connectivity index (χ1n) is 11.5. The largest absolute Gasteiger partial charge is 0.462 e. The fraction of sp³-hybridized carbons (Fsp3) is 0.609. The number of barbiturate groups is 1. The van der Waals surface area contributed by atoms with Crippen LogP contribution < -0.4 is 5.32 Å². The van der Waals surface area contributed by atoms with E-state index in [-0.39, 0.29) is 12.6 Å². The number of imide groups is 2. The zero-order valence-corrected chi connectivity index (χ0v) is 18.9. The minimum absolute atomic E-state index is 0.144. The summed E-state index contributed by atoms with van der Waals surface area (Å²) in [5.74, 6) is -1.90. The maximum atomic E-state index is 13.2. The average molecular weight is 458 g/mol. The van der Waals surface area contributed by atoms with Crippen LogP contribution in [0.1, 0.15) is 66.2 Å². The molecule has 3 fully saturated rings. The second-order valence-electron chi connectivity index (χ2n) is 9.11. The van der Waals surface area contributed by atoms with Crippen molar-refractivity contribution in [3.63, 3.8) is 0 Å². The van der Waals surface area contributed by atoms with Gasteiger partial charge in [-0.1, -0.05) is 6.42 Å². The van der Waals surface area contributed by atoms with Crippen LogP contribution in [0.25, 0.3) is 0 Å². The van der Waals surface area contributed by atoms with E-state index in [0.29, 0.717) is 22.4 Å². The molecule has 2 heterocycles. The van der Waals surface area contributed by atoms with Crippen LogP contribution in [0.2, 0.25) is 0 Å². The number of carbonyl (C=O) groups is 4. The Kier molecular flexibility index (Phi) is 5.61. The first-order valence-corrected chi connectivity index (χ1v) is 12.3. The molecule has 2 bridgehead atoms. The lowest BCUT2D eigenvalue weighted by molar-refractivity contribution is -0.141. The summed E-state index contributed by atoms with van der Waals surface area (Å²) in [4.78, 5) is 57.7. The Morgan fingerprint density at radius 2 is 2.03 bits per heavy atom. The van der Waals surface area contributed by atoms with Crippen LogP contribution in [0.3, 0.4) is 0 Å². The fourth-order valence-corrected chi connectivity index (χ4v) is 7.01. The number of hydrogen-bond acceptors (Lipinski definition) is 7. The number of carbonyl (C=O) groups excluding carboxylic acids is 4. The van der Waals surface area contributed by atoms with Gasteiger partial charge in [0.2, 0.25) is 11.8 Å². The zero-order chi connectivity index (χ0) is 22.4. The minimum atomic E-state index is -1.18. The van der Waals surface area contributed by atoms with Crippen molar-refractivity contribution in [1.82, 2.24) is 10.2 Å². The van der Waals surface area contributed by atoms with E-state index in [1.54, 1.807) is 6.92 Å². The molecule has 2 saturated carbocycles. The number of nitrogens with one attached hydrogen (secondary N) is 1. The molecule has 0 unspecified atom stereocenters. The number of rotatable bonds is 5. The lowest BCUT2D eigenvalue weighted by Crippen LogP contribution is -2.62. The number of amides is 4. The lowest BCUT2D eigenvalue weighted by atomic mass is 9.92. The second kappa shape index (κ2) is 8.42. The van der Waals surface area contributed by atoms with E-state index < -0.39 is 29.7 Å². The van der Waals surface area contributed by atoms with Crippen LogP contribution in [-0.4, -0.2) is 47.6 Å². The molecule has 0 spiro atoms. The monoisotopic (exact) mass is 457 g/mol. The Morgan fingerprint density at radius 3 is 2.75 bits per heavy atom. The number of nitrogens with zero attached hydrogens (tertiary/aromatic N) is 2. The quantitative estimate of drug-likeness (QED) is 0.415. The van der Waals surface area contributed by atoms with E-state index in [0.717, 1.165) is 61.8 Å². The molecule has 1 N–H and O–H groups in total. The summed E-state index contributed by atoms with van der Waals surface area (Å²) in [5, 5.41) is 2.81. The molecule has 0 aromatic carbocycles. The number of fused-ring (bicyclic) bond motifs is 3. The number of esters is 1. The highest BCUT2D eigenvalue weighted by atomic mass is 32.1. The van der Waals surface area contributed by atoms with Crippen molar-refractivity contribution in [1.29, 1.82) is 0 Å². The van der Waals surface area contributed by atoms with Gasteiger partial charge < -0.3 is 4.74 Å². The third kappa shape index (κ3) is 3.56. The van der Waals surface area contributed by atoms with Crippen LogP contribution in [0, 0.1) is 17.8 Å². The highest BCUT2D eigenvalue weighted by Gasteiger charge is 2.50. The summed E-state index contributed by atoms with van der Waals surface area (Å²) in [6.45, 7) is 2.02. The Balaban J connectivity index is 1.43. The van der Waals surface area contributed by atoms with Gasteiger partial charge in [-0.3, -0.25) is 19.8 Å². The molecule has 5 rings (SSSR count). The SMILES string of the molecule is CCOC(=O)c1c(N=C[C@@H]2C(=O)NC(=O)N([C@H]3C[C@H]4CC[C@H]3C4)C2=O)sc2c1CCCC2. The molecule has 9 heteroatoms. The Labute approximate surface area is 190 Å². The molecule has 4 atom stereocenters. The first kappa shape index (κ1) is 21.3. The zero-order valence-electron chi connectivity index (χ0n) is 18.1. The molecule has 4 aliphatic rings. The summed E-state index contributed by atoms with van der Waals surface area (Å²) in [6, 6.07) is -0.768. The van der Waals surface area contributed by atoms with Crippen LogP contribution in [0.4, 0.5) is 9.80 Å². The van der Waals surface area contributed by atoms with Gasteiger partial charge in [0.15, 0.2) is 5.92 Å². The Hall–Kier alpha value is -2.55. The summed E-state index contributed by atoms with van der Waals surface area (Å²) < 4.78 is 5.25. The topological polar surface area (TPSA) is 105 Å². The van der Waals surface area contributed by atoms with Gasteiger partial charge in [0, 0.05) is 17.1 Å². The maximum Gasteiger partial charge on any atom is 0.341 e. The lowest BCUT2D eigenvalue weighted by Gasteiger charge is -2.36. The summed E-state index contributed by atoms with van der Waals surface area (Å²) >= 11 is 1.42. The molecule has 1 aromatic heterocycles. The summed E-state index contributed by atoms with van der Waals surface area (Å²) in [6.07, 6.45) is 9.06. The second-order valence-corrected chi connectivity index (χ2v) is 10.2. The van der Waals surface area contributed by atoms with Gasteiger partial charge in [0.25, 0.3) is 0 Å². The van der Waals surface area contributed by atoms with Crippen molar-refractivity contribution in [2.45, 2.75) is 64.3 Å². The van der Waals surface area contributed by atoms with Crippen molar-refractivity contribution >= 4 is 46.4 Å². The van der Waals surface area contributed by atoms with Gasteiger partial charge in [-0.2, -0.15) is 0 Å². The van der Waals surface area contributed by atoms with E-state index in [1.165, 1.54) is 22.5 Å². The Bertz CT molecular complexity index is 1020. The van der Waals surface area contributed by atoms with Crippen molar-refractivity contribution in [3.8, 4) is 0 Å². The van der Waals surface area contributed by atoms with E-state index in [9.17, 15) is 19.2 Å². The average Bonchev–Trinajstić information content (AvgIpc) is 3.47. The highest BCUT2D eigenvalue weighted by molar-refractivity contribution is 7.16. The molecule has 4 amide bonds. The number of thiophene rings is 1. The maximum absolute atomic E-state index is 13.2. The molecule has 3 aliphatic carbocycles. The highest BCUT2D eigenvalue weighted by Crippen LogP contribution is 2.47. The molecular formula is C23H27N3O5S. The van der Waals surface area contributed by atoms with Gasteiger partial charge in [-0.05, 0) is 69.3 Å². The molecule has 8 nitrogen and oxygen atoms in total. The van der Waals surface area contributed by atoms with E-state index in [1.807, 2.05) is 0 Å². The number of ether oxygens (including phenoxy) is 1. The molecule has 1 aliphatic heterocycles. The molecule has 170 valence electrons. The molecule has 32 heavy (non-hydrogen) atoms. The first-order chi connectivity index (χ1) is 15.5. The van der Waals surface area contributed by atoms with Crippen molar-refractivity contribution in [2.75, 3.05) is 6.61 Å². The van der Waals surface area contributed by atoms with Gasteiger partial charge in [0.1, 0.15) is 5.00 Å². The number of hydrogen-bond donors (Lipinski definition) is 1. The van der Waals surface area contributed by atoms with Crippen LogP contribution in [-0.2, 0) is 27.2 Å². The van der Waals surface area contributed by atoms with Crippen LogP contribution in [0.15, 0.2) is 4.99 Å². The number of urea groups is 1. The molecular weight excluding hydrogens is 430 g/mol. The number of aliphatic imine (C=N–C) groups is 1. The molecule has 0 radical (unpaired) electrons. The van der Waals surface area contributed by atoms with Gasteiger partial charge in [-0.25, -0.2) is 14.6 Å².